The lowest BCUT2D eigenvalue weighted by molar-refractivity contribution is -0.360. The number of hydrogen-bond donors (Lipinski definition) is 0. The number of anilines is 1. The van der Waals surface area contributed by atoms with Gasteiger partial charge in [-0.15, -0.1) is 5.10 Å². The summed E-state index contributed by atoms with van der Waals surface area (Å²) in [5, 5.41) is 4.41. The monoisotopic (exact) mass is 691 g/mol. The van der Waals surface area contributed by atoms with Crippen LogP contribution in [-0.2, 0) is 9.53 Å². The normalized spacial score (nSPS) is 15.3. The number of aryl methyl sites for hydroxylation is 1. The van der Waals surface area contributed by atoms with E-state index in [-0.39, 0.29) is 34.1 Å². The second-order valence-corrected chi connectivity index (χ2v) is 11.9. The molecule has 1 atom stereocenters. The zero-order valence-corrected chi connectivity index (χ0v) is 26.4. The van der Waals surface area contributed by atoms with E-state index in [1.54, 1.807) is 0 Å². The van der Waals surface area contributed by atoms with Gasteiger partial charge >= 0.3 is 18.4 Å². The Morgan fingerprint density at radius 3 is 2.35 bits per heavy atom. The van der Waals surface area contributed by atoms with E-state index in [1.165, 1.54) is 52.3 Å². The molecule has 1 fully saturated rings. The van der Waals surface area contributed by atoms with Crippen molar-refractivity contribution in [1.82, 2.24) is 14.8 Å². The lowest BCUT2D eigenvalue weighted by atomic mass is 9.99. The van der Waals surface area contributed by atoms with Gasteiger partial charge in [-0.25, -0.2) is 18.9 Å². The number of rotatable bonds is 9. The Morgan fingerprint density at radius 1 is 1.02 bits per heavy atom. The van der Waals surface area contributed by atoms with E-state index in [4.69, 9.17) is 4.74 Å². The maximum Gasteiger partial charge on any atom is 0.499 e. The van der Waals surface area contributed by atoms with Crippen molar-refractivity contribution in [1.29, 1.82) is 0 Å². The van der Waals surface area contributed by atoms with Crippen LogP contribution < -0.4 is 9.64 Å². The van der Waals surface area contributed by atoms with Gasteiger partial charge in [0.25, 0.3) is 0 Å². The maximum atomic E-state index is 15.0. The Kier molecular flexibility index (Phi) is 9.84. The van der Waals surface area contributed by atoms with Gasteiger partial charge in [-0.05, 0) is 59.9 Å². The summed E-state index contributed by atoms with van der Waals surface area (Å²) in [5.41, 5.74) is 3.45. The van der Waals surface area contributed by atoms with E-state index in [2.05, 4.69) is 19.8 Å². The quantitative estimate of drug-likeness (QED) is 0.163. The first kappa shape index (κ1) is 34.5. The molecule has 0 bridgehead atoms. The first-order valence-electron chi connectivity index (χ1n) is 14.3. The third-order valence-corrected chi connectivity index (χ3v) is 7.98. The number of aliphatic imine (C=N–C) groups is 1. The van der Waals surface area contributed by atoms with E-state index in [9.17, 15) is 31.5 Å². The number of thioether (sulfide) groups is 1. The van der Waals surface area contributed by atoms with Crippen molar-refractivity contribution >= 4 is 34.6 Å². The molecule has 0 spiro atoms. The van der Waals surface area contributed by atoms with E-state index in [0.29, 0.717) is 16.9 Å². The molecular weight excluding hydrogens is 664 g/mol. The Bertz CT molecular complexity index is 1830. The molecule has 1 saturated heterocycles. The number of halogens is 6. The molecule has 4 aromatic rings. The molecule has 1 aromatic heterocycles. The summed E-state index contributed by atoms with van der Waals surface area (Å²) >= 11 is 1.09. The fourth-order valence-electron chi connectivity index (χ4n) is 4.60. The van der Waals surface area contributed by atoms with Crippen molar-refractivity contribution in [3.63, 3.8) is 0 Å². The van der Waals surface area contributed by atoms with Crippen molar-refractivity contribution in [3.05, 3.63) is 89.7 Å². The average Bonchev–Trinajstić information content (AvgIpc) is 3.66. The molecule has 2 heterocycles. The van der Waals surface area contributed by atoms with Crippen LogP contribution in [0.5, 0.6) is 5.75 Å². The van der Waals surface area contributed by atoms with Gasteiger partial charge in [-0.3, -0.25) is 9.69 Å². The fraction of sp³-hybridized carbons (Fsp3) is 0.281. The lowest BCUT2D eigenvalue weighted by Gasteiger charge is -2.22. The summed E-state index contributed by atoms with van der Waals surface area (Å²) in [6, 6.07) is 16.0. The molecule has 16 heteroatoms. The zero-order valence-electron chi connectivity index (χ0n) is 25.5. The summed E-state index contributed by atoms with van der Waals surface area (Å²) in [5.74, 6) is -0.524. The molecule has 0 N–H and O–H groups in total. The average molecular weight is 692 g/mol. The molecular formula is C32H27F6N5O4S. The number of aromatic nitrogens is 3. The van der Waals surface area contributed by atoms with E-state index in [0.717, 1.165) is 35.0 Å². The highest BCUT2D eigenvalue weighted by Gasteiger charge is 2.61. The lowest BCUT2D eigenvalue weighted by Crippen LogP contribution is -2.41. The summed E-state index contributed by atoms with van der Waals surface area (Å²) in [6.07, 6.45) is -12.7. The molecule has 252 valence electrons. The highest BCUT2D eigenvalue weighted by molar-refractivity contribution is 8.15. The standard InChI is InChI=1S/C32H27F6N5O4S/c1-18(2)24-13-4-19(3)14-26(24)43-27(44)16-48-29(43)40-30(45)46-15-25(33)20-5-7-21(8-6-20)28-39-17-42(41-28)22-9-11-23(12-10-22)47-32(37,38)31(34,35)36/h4-14,17-18,25H,15-16H2,1-3H3/b40-29-. The molecule has 1 unspecified atom stereocenters. The summed E-state index contributed by atoms with van der Waals surface area (Å²) < 4.78 is 88.6. The molecule has 0 aliphatic carbocycles. The van der Waals surface area contributed by atoms with Crippen LogP contribution in [0.2, 0.25) is 0 Å². The first-order chi connectivity index (χ1) is 22.6. The van der Waals surface area contributed by atoms with Crippen molar-refractivity contribution in [2.24, 2.45) is 4.99 Å². The van der Waals surface area contributed by atoms with E-state index in [1.807, 2.05) is 39.0 Å². The molecule has 0 saturated carbocycles. The number of amides is 2. The maximum absolute atomic E-state index is 15.0. The van der Waals surface area contributed by atoms with Gasteiger partial charge in [0.1, 0.15) is 18.7 Å². The summed E-state index contributed by atoms with van der Waals surface area (Å²) in [6.45, 7) is 5.25. The zero-order chi connectivity index (χ0) is 34.8. The fourth-order valence-corrected chi connectivity index (χ4v) is 5.45. The van der Waals surface area contributed by atoms with E-state index >= 15 is 4.39 Å². The van der Waals surface area contributed by atoms with Crippen molar-refractivity contribution in [2.75, 3.05) is 17.3 Å². The Labute approximate surface area is 274 Å². The van der Waals surface area contributed by atoms with Gasteiger partial charge in [-0.1, -0.05) is 62.0 Å². The number of ether oxygens (including phenoxy) is 2. The van der Waals surface area contributed by atoms with Gasteiger partial charge in [0, 0.05) is 5.56 Å². The number of alkyl halides is 6. The third-order valence-electron chi connectivity index (χ3n) is 7.05. The number of amidine groups is 1. The van der Waals surface area contributed by atoms with E-state index < -0.39 is 36.9 Å². The molecule has 48 heavy (non-hydrogen) atoms. The molecule has 1 aliphatic heterocycles. The van der Waals surface area contributed by atoms with Gasteiger partial charge in [0.05, 0.1) is 17.1 Å². The second kappa shape index (κ2) is 13.7. The van der Waals surface area contributed by atoms with Gasteiger partial charge in [0.15, 0.2) is 17.2 Å². The predicted octanol–water partition coefficient (Wildman–Crippen LogP) is 8.18. The number of hydrogen-bond acceptors (Lipinski definition) is 7. The predicted molar refractivity (Wildman–Crippen MR) is 166 cm³/mol. The van der Waals surface area contributed by atoms with Crippen LogP contribution in [0.15, 0.2) is 78.0 Å². The molecule has 2 amide bonds. The highest BCUT2D eigenvalue weighted by atomic mass is 32.2. The third kappa shape index (κ3) is 7.64. The van der Waals surface area contributed by atoms with Crippen LogP contribution in [0.25, 0.3) is 17.1 Å². The molecule has 3 aromatic carbocycles. The SMILES string of the molecule is Cc1ccc(C(C)C)c(N2C(=O)CS/C2=N\C(=O)OCC(F)c2ccc(-c3ncn(-c4ccc(OC(F)(F)C(F)(F)F)cc4)n3)cc2)c1. The van der Waals surface area contributed by atoms with Gasteiger partial charge in [0.2, 0.25) is 5.91 Å². The summed E-state index contributed by atoms with van der Waals surface area (Å²) in [4.78, 5) is 34.8. The highest BCUT2D eigenvalue weighted by Crippen LogP contribution is 2.38. The van der Waals surface area contributed by atoms with Crippen LogP contribution in [0, 0.1) is 6.92 Å². The Hall–Kier alpha value is -4.86. The minimum atomic E-state index is -5.87. The van der Waals surface area contributed by atoms with Crippen molar-refractivity contribution in [2.45, 2.75) is 45.1 Å². The van der Waals surface area contributed by atoms with Crippen LogP contribution in [0.4, 0.5) is 36.8 Å². The number of carbonyl (C=O) groups is 2. The number of benzene rings is 3. The number of nitrogens with zero attached hydrogens (tertiary/aromatic N) is 5. The minimum absolute atomic E-state index is 0.0941. The number of carbonyl (C=O) groups excluding carboxylic acids is 2. The smallest absolute Gasteiger partial charge is 0.444 e. The van der Waals surface area contributed by atoms with Crippen molar-refractivity contribution in [3.8, 4) is 22.8 Å². The largest absolute Gasteiger partial charge is 0.499 e. The topological polar surface area (TPSA) is 98.9 Å². The van der Waals surface area contributed by atoms with Crippen LogP contribution in [0.1, 0.15) is 42.6 Å². The Balaban J connectivity index is 1.20. The molecule has 0 radical (unpaired) electrons. The molecule has 1 aliphatic rings. The van der Waals surface area contributed by atoms with Crippen LogP contribution in [0.3, 0.4) is 0 Å². The summed E-state index contributed by atoms with van der Waals surface area (Å²) in [7, 11) is 0. The molecule has 5 rings (SSSR count). The Morgan fingerprint density at radius 2 is 1.71 bits per heavy atom. The van der Waals surface area contributed by atoms with Crippen LogP contribution in [-0.4, -0.2) is 56.6 Å². The molecule has 9 nitrogen and oxygen atoms in total. The second-order valence-electron chi connectivity index (χ2n) is 10.9. The van der Waals surface area contributed by atoms with Gasteiger partial charge < -0.3 is 9.47 Å². The van der Waals surface area contributed by atoms with Crippen molar-refractivity contribution < 1.29 is 45.4 Å². The van der Waals surface area contributed by atoms with Gasteiger partial charge in [-0.2, -0.15) is 26.9 Å². The van der Waals surface area contributed by atoms with Crippen LogP contribution >= 0.6 is 11.8 Å². The minimum Gasteiger partial charge on any atom is -0.444 e. The first-order valence-corrected chi connectivity index (χ1v) is 15.3.